The van der Waals surface area contributed by atoms with Gasteiger partial charge < -0.3 is 9.15 Å². The molecule has 24 heavy (non-hydrogen) atoms. The van der Waals surface area contributed by atoms with Gasteiger partial charge in [0.05, 0.1) is 18.0 Å². The fourth-order valence-electron chi connectivity index (χ4n) is 3.46. The van der Waals surface area contributed by atoms with Gasteiger partial charge in [0.15, 0.2) is 5.76 Å². The van der Waals surface area contributed by atoms with Crippen molar-refractivity contribution in [3.05, 3.63) is 89.9 Å². The third-order valence-electron chi connectivity index (χ3n) is 4.59. The van der Waals surface area contributed by atoms with Gasteiger partial charge in [-0.1, -0.05) is 48.5 Å². The number of nitrogens with zero attached hydrogens (tertiary/aromatic N) is 2. The maximum absolute atomic E-state index is 6.20. The molecule has 0 aliphatic carbocycles. The monoisotopic (exact) mass is 316 g/mol. The molecule has 0 spiro atoms. The summed E-state index contributed by atoms with van der Waals surface area (Å²) in [5, 5.41) is 6.91. The molecule has 5 rings (SSSR count). The van der Waals surface area contributed by atoms with Gasteiger partial charge in [0.25, 0.3) is 0 Å². The van der Waals surface area contributed by atoms with Crippen LogP contribution in [0, 0.1) is 0 Å². The van der Waals surface area contributed by atoms with Crippen molar-refractivity contribution in [2.24, 2.45) is 5.10 Å². The lowest BCUT2D eigenvalue weighted by molar-refractivity contribution is -0.0325. The van der Waals surface area contributed by atoms with Gasteiger partial charge in [0, 0.05) is 12.0 Å². The van der Waals surface area contributed by atoms with Crippen molar-refractivity contribution in [3.63, 3.8) is 0 Å². The fraction of sp³-hybridized carbons (Fsp3) is 0.150. The first kappa shape index (κ1) is 13.4. The van der Waals surface area contributed by atoms with E-state index in [0.29, 0.717) is 0 Å². The molecule has 0 fully saturated rings. The number of hydrogen-bond acceptors (Lipinski definition) is 4. The molecule has 0 saturated heterocycles. The van der Waals surface area contributed by atoms with E-state index in [0.717, 1.165) is 29.2 Å². The van der Waals surface area contributed by atoms with Crippen molar-refractivity contribution in [2.75, 3.05) is 0 Å². The number of ether oxygens (including phenoxy) is 1. The van der Waals surface area contributed by atoms with E-state index in [1.54, 1.807) is 6.26 Å². The summed E-state index contributed by atoms with van der Waals surface area (Å²) in [6.45, 7) is 0. The Kier molecular flexibility index (Phi) is 2.95. The zero-order chi connectivity index (χ0) is 15.9. The van der Waals surface area contributed by atoms with Crippen LogP contribution in [-0.2, 0) is 0 Å². The van der Waals surface area contributed by atoms with E-state index in [2.05, 4.69) is 18.2 Å². The molecule has 0 saturated carbocycles. The number of hydrazone groups is 1. The molecule has 0 amide bonds. The van der Waals surface area contributed by atoms with Crippen LogP contribution in [0.1, 0.15) is 35.6 Å². The van der Waals surface area contributed by atoms with Gasteiger partial charge in [-0.25, -0.2) is 5.01 Å². The Morgan fingerprint density at radius 2 is 1.75 bits per heavy atom. The Bertz CT molecular complexity index is 887. The zero-order valence-electron chi connectivity index (χ0n) is 13.0. The van der Waals surface area contributed by atoms with Crippen LogP contribution >= 0.6 is 0 Å². The van der Waals surface area contributed by atoms with Crippen LogP contribution in [-0.4, -0.2) is 10.7 Å². The molecule has 2 aromatic carbocycles. The minimum absolute atomic E-state index is 0.167. The van der Waals surface area contributed by atoms with Crippen molar-refractivity contribution in [1.82, 2.24) is 5.01 Å². The lowest BCUT2D eigenvalue weighted by Gasteiger charge is -2.36. The van der Waals surface area contributed by atoms with Gasteiger partial charge in [-0.15, -0.1) is 0 Å². The van der Waals surface area contributed by atoms with Crippen molar-refractivity contribution in [1.29, 1.82) is 0 Å². The molecule has 3 aromatic rings. The average molecular weight is 316 g/mol. The molecule has 3 heterocycles. The number of fused-ring (bicyclic) bond motifs is 3. The van der Waals surface area contributed by atoms with Crippen molar-refractivity contribution < 1.29 is 9.15 Å². The molecule has 2 aliphatic heterocycles. The second kappa shape index (κ2) is 5.27. The maximum atomic E-state index is 6.20. The quantitative estimate of drug-likeness (QED) is 0.697. The predicted molar refractivity (Wildman–Crippen MR) is 90.7 cm³/mol. The summed E-state index contributed by atoms with van der Waals surface area (Å²) < 4.78 is 11.8. The lowest BCUT2D eigenvalue weighted by Crippen LogP contribution is -2.33. The van der Waals surface area contributed by atoms with E-state index in [-0.39, 0.29) is 12.3 Å². The summed E-state index contributed by atoms with van der Waals surface area (Å²) in [6.07, 6.45) is 2.20. The topological polar surface area (TPSA) is 38.0 Å². The Balaban J connectivity index is 1.61. The highest BCUT2D eigenvalue weighted by Gasteiger charge is 2.41. The Labute approximate surface area is 140 Å². The largest absolute Gasteiger partial charge is 0.463 e. The van der Waals surface area contributed by atoms with Crippen LogP contribution in [0.4, 0.5) is 0 Å². The summed E-state index contributed by atoms with van der Waals surface area (Å²) in [5.74, 6) is 1.68. The first-order valence-corrected chi connectivity index (χ1v) is 8.10. The van der Waals surface area contributed by atoms with Crippen LogP contribution in [0.15, 0.2) is 82.5 Å². The molecule has 4 nitrogen and oxygen atoms in total. The fourth-order valence-corrected chi connectivity index (χ4v) is 3.46. The lowest BCUT2D eigenvalue weighted by atomic mass is 9.96. The van der Waals surface area contributed by atoms with E-state index in [1.807, 2.05) is 53.5 Å². The minimum Gasteiger partial charge on any atom is -0.463 e. The molecule has 2 atom stereocenters. The molecule has 0 N–H and O–H groups in total. The van der Waals surface area contributed by atoms with Crippen LogP contribution < -0.4 is 4.74 Å². The first-order valence-electron chi connectivity index (χ1n) is 8.10. The highest BCUT2D eigenvalue weighted by atomic mass is 16.5. The third kappa shape index (κ3) is 2.03. The Morgan fingerprint density at radius 3 is 2.58 bits per heavy atom. The maximum Gasteiger partial charge on any atom is 0.246 e. The molecule has 118 valence electrons. The molecular weight excluding hydrogens is 300 g/mol. The number of furan rings is 1. The molecule has 2 aliphatic rings. The van der Waals surface area contributed by atoms with Gasteiger partial charge in [-0.05, 0) is 23.8 Å². The summed E-state index contributed by atoms with van der Waals surface area (Å²) in [6, 6.07) is 22.5. The van der Waals surface area contributed by atoms with E-state index in [9.17, 15) is 0 Å². The smallest absolute Gasteiger partial charge is 0.246 e. The molecule has 0 radical (unpaired) electrons. The number of benzene rings is 2. The number of para-hydroxylation sites is 1. The van der Waals surface area contributed by atoms with E-state index in [4.69, 9.17) is 14.3 Å². The minimum atomic E-state index is -0.332. The highest BCUT2D eigenvalue weighted by Crippen LogP contribution is 2.47. The van der Waals surface area contributed by atoms with Crippen molar-refractivity contribution >= 4 is 5.71 Å². The Morgan fingerprint density at radius 1 is 0.917 bits per heavy atom. The second-order valence-corrected chi connectivity index (χ2v) is 6.04. The normalized spacial score (nSPS) is 21.7. The van der Waals surface area contributed by atoms with Crippen molar-refractivity contribution in [2.45, 2.75) is 18.7 Å². The zero-order valence-corrected chi connectivity index (χ0v) is 13.0. The number of hydrogen-bond donors (Lipinski definition) is 0. The van der Waals surface area contributed by atoms with Crippen LogP contribution in [0.3, 0.4) is 0 Å². The van der Waals surface area contributed by atoms with Crippen LogP contribution in [0.25, 0.3) is 0 Å². The second-order valence-electron chi connectivity index (χ2n) is 6.04. The van der Waals surface area contributed by atoms with Crippen LogP contribution in [0.2, 0.25) is 0 Å². The van der Waals surface area contributed by atoms with Gasteiger partial charge in [-0.2, -0.15) is 5.10 Å². The summed E-state index contributed by atoms with van der Waals surface area (Å²) in [5.41, 5.74) is 3.41. The summed E-state index contributed by atoms with van der Waals surface area (Å²) >= 11 is 0. The number of rotatable bonds is 2. The van der Waals surface area contributed by atoms with Gasteiger partial charge >= 0.3 is 0 Å². The third-order valence-corrected chi connectivity index (χ3v) is 4.59. The van der Waals surface area contributed by atoms with E-state index in [1.165, 1.54) is 5.56 Å². The van der Waals surface area contributed by atoms with E-state index >= 15 is 0 Å². The molecule has 1 aromatic heterocycles. The molecular formula is C20H16N2O2. The van der Waals surface area contributed by atoms with Gasteiger partial charge in [0.2, 0.25) is 6.23 Å². The van der Waals surface area contributed by atoms with Gasteiger partial charge in [0.1, 0.15) is 5.75 Å². The standard InChI is InChI=1S/C20H16N2O2/c1-2-7-14(8-3-1)16-13-17-15-9-4-5-10-18(15)24-20(22(17)21-16)19-11-6-12-23-19/h1-12,17,20H,13H2. The Hall–Kier alpha value is -3.01. The van der Waals surface area contributed by atoms with E-state index < -0.39 is 0 Å². The molecule has 4 heteroatoms. The molecule has 0 bridgehead atoms. The SMILES string of the molecule is c1ccc(C2=NN3C(C2)c2ccccc2OC3c2ccco2)cc1. The van der Waals surface area contributed by atoms with Crippen molar-refractivity contribution in [3.8, 4) is 5.75 Å². The summed E-state index contributed by atoms with van der Waals surface area (Å²) in [7, 11) is 0. The first-order chi connectivity index (χ1) is 11.9. The predicted octanol–water partition coefficient (Wildman–Crippen LogP) is 4.52. The average Bonchev–Trinajstić information content (AvgIpc) is 3.32. The highest BCUT2D eigenvalue weighted by molar-refractivity contribution is 6.01. The molecule has 2 unspecified atom stereocenters. The van der Waals surface area contributed by atoms with Gasteiger partial charge in [-0.3, -0.25) is 0 Å². The summed E-state index contributed by atoms with van der Waals surface area (Å²) in [4.78, 5) is 0. The van der Waals surface area contributed by atoms with Crippen LogP contribution in [0.5, 0.6) is 5.75 Å².